The Kier molecular flexibility index (Phi) is 5.14. The second kappa shape index (κ2) is 6.85. The number of hydrogen-bond donors (Lipinski definition) is 0. The first-order chi connectivity index (χ1) is 9.24. The maximum Gasteiger partial charge on any atom is 0.138 e. The molecule has 0 aliphatic carbocycles. The number of halogens is 1. The third-order valence-electron chi connectivity index (χ3n) is 3.26. The van der Waals surface area contributed by atoms with E-state index >= 15 is 0 Å². The van der Waals surface area contributed by atoms with E-state index < -0.39 is 0 Å². The molecule has 0 fully saturated rings. The van der Waals surface area contributed by atoms with Crippen LogP contribution in [-0.2, 0) is 13.0 Å². The molecule has 1 unspecified atom stereocenters. The van der Waals surface area contributed by atoms with Crippen LogP contribution in [0, 0.1) is 6.92 Å². The predicted octanol–water partition coefficient (Wildman–Crippen LogP) is 3.72. The summed E-state index contributed by atoms with van der Waals surface area (Å²) in [6, 6.07) is 8.71. The molecular weight excluding hydrogens is 302 g/mol. The summed E-state index contributed by atoms with van der Waals surface area (Å²) in [6.07, 6.45) is 3.67. The summed E-state index contributed by atoms with van der Waals surface area (Å²) in [7, 11) is 0. The van der Waals surface area contributed by atoms with Crippen LogP contribution in [0.25, 0.3) is 0 Å². The minimum Gasteiger partial charge on any atom is -0.250 e. The number of rotatable bonds is 6. The van der Waals surface area contributed by atoms with E-state index in [4.69, 9.17) is 0 Å². The van der Waals surface area contributed by atoms with Gasteiger partial charge in [0.2, 0.25) is 0 Å². The molecule has 0 saturated heterocycles. The number of aromatic nitrogens is 3. The fourth-order valence-electron chi connectivity index (χ4n) is 2.25. The van der Waals surface area contributed by atoms with Gasteiger partial charge in [-0.25, -0.2) is 4.98 Å². The molecule has 0 radical (unpaired) electrons. The molecule has 0 bridgehead atoms. The fraction of sp³-hybridized carbons (Fsp3) is 0.467. The Labute approximate surface area is 123 Å². The van der Waals surface area contributed by atoms with Crippen LogP contribution in [0.5, 0.6) is 0 Å². The predicted molar refractivity (Wildman–Crippen MR) is 81.7 cm³/mol. The lowest BCUT2D eigenvalue weighted by molar-refractivity contribution is 0.554. The van der Waals surface area contributed by atoms with Gasteiger partial charge in [0.15, 0.2) is 0 Å². The standard InChI is InChI=1S/C15H20BrN3/c1-3-7-19-15(17-11-18-19)9-14(10-16)13-6-4-5-12(2)8-13/h4-6,8,11,14H,3,7,9-10H2,1-2H3. The maximum absolute atomic E-state index is 4.40. The van der Waals surface area contributed by atoms with Crippen LogP contribution in [0.3, 0.4) is 0 Å². The van der Waals surface area contributed by atoms with Gasteiger partial charge in [-0.3, -0.25) is 4.68 Å². The first-order valence-corrected chi connectivity index (χ1v) is 7.86. The van der Waals surface area contributed by atoms with E-state index in [1.807, 2.05) is 4.68 Å². The van der Waals surface area contributed by atoms with Gasteiger partial charge in [-0.1, -0.05) is 52.7 Å². The van der Waals surface area contributed by atoms with Crippen molar-refractivity contribution >= 4 is 15.9 Å². The lowest BCUT2D eigenvalue weighted by Gasteiger charge is -2.15. The summed E-state index contributed by atoms with van der Waals surface area (Å²) in [5.41, 5.74) is 2.67. The van der Waals surface area contributed by atoms with Crippen LogP contribution in [-0.4, -0.2) is 20.1 Å². The molecule has 4 heteroatoms. The molecule has 0 spiro atoms. The van der Waals surface area contributed by atoms with Gasteiger partial charge >= 0.3 is 0 Å². The van der Waals surface area contributed by atoms with Gasteiger partial charge in [0, 0.05) is 24.2 Å². The molecule has 2 aromatic rings. The van der Waals surface area contributed by atoms with Gasteiger partial charge in [0.25, 0.3) is 0 Å². The van der Waals surface area contributed by atoms with Crippen LogP contribution in [0.1, 0.15) is 36.2 Å². The zero-order valence-electron chi connectivity index (χ0n) is 11.5. The molecule has 1 atom stereocenters. The molecule has 0 saturated carbocycles. The van der Waals surface area contributed by atoms with E-state index in [1.165, 1.54) is 11.1 Å². The normalized spacial score (nSPS) is 12.6. The van der Waals surface area contributed by atoms with Crippen molar-refractivity contribution < 1.29 is 0 Å². The van der Waals surface area contributed by atoms with E-state index in [0.29, 0.717) is 5.92 Å². The SMILES string of the molecule is CCCn1ncnc1CC(CBr)c1cccc(C)c1. The van der Waals surface area contributed by atoms with Crippen molar-refractivity contribution in [3.8, 4) is 0 Å². The third-order valence-corrected chi connectivity index (χ3v) is 4.04. The quantitative estimate of drug-likeness (QED) is 0.759. The Balaban J connectivity index is 2.17. The molecule has 0 amide bonds. The van der Waals surface area contributed by atoms with Crippen molar-refractivity contribution in [3.05, 3.63) is 47.5 Å². The van der Waals surface area contributed by atoms with Crippen molar-refractivity contribution in [3.63, 3.8) is 0 Å². The highest BCUT2D eigenvalue weighted by Crippen LogP contribution is 2.23. The van der Waals surface area contributed by atoms with E-state index in [9.17, 15) is 0 Å². The molecule has 1 aromatic heterocycles. The number of nitrogens with zero attached hydrogens (tertiary/aromatic N) is 3. The molecule has 1 heterocycles. The Bertz CT molecular complexity index is 522. The summed E-state index contributed by atoms with van der Waals surface area (Å²) in [5.74, 6) is 1.52. The molecule has 3 nitrogen and oxygen atoms in total. The molecule has 102 valence electrons. The van der Waals surface area contributed by atoms with Gasteiger partial charge in [-0.2, -0.15) is 5.10 Å². The highest BCUT2D eigenvalue weighted by molar-refractivity contribution is 9.09. The monoisotopic (exact) mass is 321 g/mol. The van der Waals surface area contributed by atoms with Crippen LogP contribution in [0.15, 0.2) is 30.6 Å². The second-order valence-electron chi connectivity index (χ2n) is 4.87. The number of alkyl halides is 1. The summed E-state index contributed by atoms with van der Waals surface area (Å²) < 4.78 is 2.02. The van der Waals surface area contributed by atoms with Gasteiger partial charge in [-0.15, -0.1) is 0 Å². The average molecular weight is 322 g/mol. The summed E-state index contributed by atoms with van der Waals surface area (Å²) >= 11 is 3.63. The van der Waals surface area contributed by atoms with E-state index in [2.05, 4.69) is 64.1 Å². The summed E-state index contributed by atoms with van der Waals surface area (Å²) in [6.45, 7) is 5.24. The van der Waals surface area contributed by atoms with Crippen molar-refractivity contribution in [2.45, 2.75) is 39.2 Å². The van der Waals surface area contributed by atoms with Gasteiger partial charge in [0.1, 0.15) is 12.2 Å². The number of aryl methyl sites for hydroxylation is 2. The minimum atomic E-state index is 0.444. The van der Waals surface area contributed by atoms with Crippen molar-refractivity contribution in [2.75, 3.05) is 5.33 Å². The van der Waals surface area contributed by atoms with Gasteiger partial charge in [-0.05, 0) is 18.9 Å². The van der Waals surface area contributed by atoms with Crippen LogP contribution in [0.2, 0.25) is 0 Å². The van der Waals surface area contributed by atoms with Crippen molar-refractivity contribution in [1.82, 2.24) is 14.8 Å². The first-order valence-electron chi connectivity index (χ1n) is 6.73. The molecular formula is C15H20BrN3. The number of benzene rings is 1. The van der Waals surface area contributed by atoms with Gasteiger partial charge < -0.3 is 0 Å². The Morgan fingerprint density at radius 2 is 2.21 bits per heavy atom. The highest BCUT2D eigenvalue weighted by Gasteiger charge is 2.15. The van der Waals surface area contributed by atoms with Crippen LogP contribution in [0.4, 0.5) is 0 Å². The highest BCUT2D eigenvalue weighted by atomic mass is 79.9. The van der Waals surface area contributed by atoms with Crippen molar-refractivity contribution in [1.29, 1.82) is 0 Å². The Hall–Kier alpha value is -1.16. The first kappa shape index (κ1) is 14.3. The molecule has 0 aliphatic heterocycles. The smallest absolute Gasteiger partial charge is 0.138 e. The molecule has 2 rings (SSSR count). The lowest BCUT2D eigenvalue weighted by Crippen LogP contribution is -2.11. The van der Waals surface area contributed by atoms with Crippen LogP contribution < -0.4 is 0 Å². The molecule has 1 aromatic carbocycles. The molecule has 0 N–H and O–H groups in total. The maximum atomic E-state index is 4.40. The third kappa shape index (κ3) is 3.66. The zero-order valence-corrected chi connectivity index (χ0v) is 13.1. The van der Waals surface area contributed by atoms with Gasteiger partial charge in [0.05, 0.1) is 0 Å². The second-order valence-corrected chi connectivity index (χ2v) is 5.52. The summed E-state index contributed by atoms with van der Waals surface area (Å²) in [5, 5.41) is 5.23. The lowest BCUT2D eigenvalue weighted by atomic mass is 9.96. The Morgan fingerprint density at radius 3 is 2.89 bits per heavy atom. The van der Waals surface area contributed by atoms with Crippen LogP contribution >= 0.6 is 15.9 Å². The average Bonchev–Trinajstić information content (AvgIpc) is 2.84. The minimum absolute atomic E-state index is 0.444. The summed E-state index contributed by atoms with van der Waals surface area (Å²) in [4.78, 5) is 4.40. The Morgan fingerprint density at radius 1 is 1.37 bits per heavy atom. The van der Waals surface area contributed by atoms with E-state index in [1.54, 1.807) is 6.33 Å². The molecule has 0 aliphatic rings. The van der Waals surface area contributed by atoms with Crippen molar-refractivity contribution in [2.24, 2.45) is 0 Å². The number of hydrogen-bond acceptors (Lipinski definition) is 2. The zero-order chi connectivity index (χ0) is 13.7. The molecule has 19 heavy (non-hydrogen) atoms. The largest absolute Gasteiger partial charge is 0.250 e. The fourth-order valence-corrected chi connectivity index (χ4v) is 2.85. The topological polar surface area (TPSA) is 30.7 Å². The van der Waals surface area contributed by atoms with E-state index in [0.717, 1.165) is 30.5 Å². The van der Waals surface area contributed by atoms with E-state index in [-0.39, 0.29) is 0 Å².